The van der Waals surface area contributed by atoms with Crippen molar-refractivity contribution >= 4 is 29.1 Å². The molecule has 0 atom stereocenters. The summed E-state index contributed by atoms with van der Waals surface area (Å²) in [6.07, 6.45) is 0. The molecule has 0 unspecified atom stereocenters. The summed E-state index contributed by atoms with van der Waals surface area (Å²) in [5.74, 6) is 0. The van der Waals surface area contributed by atoms with Gasteiger partial charge >= 0.3 is 50.9 Å². The summed E-state index contributed by atoms with van der Waals surface area (Å²) in [6.45, 7) is 9.25. The molecule has 0 aliphatic heterocycles. The van der Waals surface area contributed by atoms with Crippen molar-refractivity contribution in [1.29, 1.82) is 0 Å². The van der Waals surface area contributed by atoms with Gasteiger partial charge in [0.05, 0.1) is 9.52 Å². The van der Waals surface area contributed by atoms with Crippen molar-refractivity contribution in [2.45, 2.75) is 43.1 Å². The fourth-order valence-corrected chi connectivity index (χ4v) is 5.15. The standard InChI is InChI=1S/C7H9Si.C6H15Ge/c1-8-7-5-3-2-4-6-7;1-4-7(5-2)6-3/h2-6,8H,1H3;4-6H2,1-3H3. The van der Waals surface area contributed by atoms with E-state index < -0.39 is 14.3 Å². The first-order valence-corrected chi connectivity index (χ1v) is 12.1. The molecule has 1 rings (SSSR count). The summed E-state index contributed by atoms with van der Waals surface area (Å²) in [4.78, 5) is 0. The molecule has 1 aromatic carbocycles. The Labute approximate surface area is 102 Å². The first-order chi connectivity index (χ1) is 7.28. The maximum absolute atomic E-state index is 2.34. The van der Waals surface area contributed by atoms with Gasteiger partial charge in [0.25, 0.3) is 0 Å². The minimum Gasteiger partial charge on any atom is -0.0699 e. The first kappa shape index (κ1) is 15.0. The van der Waals surface area contributed by atoms with E-state index in [0.29, 0.717) is 9.52 Å². The van der Waals surface area contributed by atoms with Gasteiger partial charge < -0.3 is 0 Å². The summed E-state index contributed by atoms with van der Waals surface area (Å²) in [5, 5.41) is 6.06. The largest absolute Gasteiger partial charge is 0.0699 e. The Bertz CT molecular complexity index is 214. The van der Waals surface area contributed by atoms with Crippen LogP contribution in [-0.2, 0) is 0 Å². The summed E-state index contributed by atoms with van der Waals surface area (Å²) in [5.41, 5.74) is 0. The van der Waals surface area contributed by atoms with Crippen LogP contribution in [-0.4, -0.2) is 23.9 Å². The maximum Gasteiger partial charge on any atom is 0.0635 e. The van der Waals surface area contributed by atoms with Gasteiger partial charge in [-0.25, -0.2) is 0 Å². The molecule has 0 aliphatic rings. The predicted octanol–water partition coefficient (Wildman–Crippen LogP) is 3.34. The molecule has 0 spiro atoms. The van der Waals surface area contributed by atoms with Crippen LogP contribution >= 0.6 is 0 Å². The Morgan fingerprint density at radius 2 is 1.40 bits per heavy atom. The van der Waals surface area contributed by atoms with E-state index in [2.05, 4.69) is 57.7 Å². The van der Waals surface area contributed by atoms with Crippen LogP contribution in [0.3, 0.4) is 0 Å². The van der Waals surface area contributed by atoms with E-state index in [1.165, 1.54) is 20.9 Å². The van der Waals surface area contributed by atoms with Gasteiger partial charge in [-0.05, 0) is 0 Å². The van der Waals surface area contributed by atoms with Crippen molar-refractivity contribution in [1.82, 2.24) is 0 Å². The minimum absolute atomic E-state index is 0.403. The SMILES string of the molecule is C[CH2][Ge]([CH2]C)[CH2]C.C[SiH]c1ccccc1. The molecule has 0 N–H and O–H groups in total. The number of benzene rings is 1. The Kier molecular flexibility index (Phi) is 10.5. The van der Waals surface area contributed by atoms with Gasteiger partial charge in [0.1, 0.15) is 0 Å². The quantitative estimate of drug-likeness (QED) is 0.742. The second kappa shape index (κ2) is 10.5. The van der Waals surface area contributed by atoms with Crippen molar-refractivity contribution in [3.8, 4) is 0 Å². The van der Waals surface area contributed by atoms with Crippen molar-refractivity contribution in [2.75, 3.05) is 0 Å². The average molecular weight is 281 g/mol. The molecule has 84 valence electrons. The molecule has 0 aromatic heterocycles. The Balaban J connectivity index is 0.000000265. The molecule has 2 radical (unpaired) electrons. The van der Waals surface area contributed by atoms with E-state index in [0.717, 1.165) is 0 Å². The molecule has 15 heavy (non-hydrogen) atoms. The van der Waals surface area contributed by atoms with Gasteiger partial charge in [0.2, 0.25) is 0 Å². The third kappa shape index (κ3) is 7.86. The Morgan fingerprint density at radius 3 is 1.60 bits per heavy atom. The van der Waals surface area contributed by atoms with Gasteiger partial charge in [0, 0.05) is 0 Å². The molecule has 0 amide bonds. The molecule has 2 heteroatoms. The third-order valence-electron chi connectivity index (χ3n) is 2.63. The third-order valence-corrected chi connectivity index (χ3v) is 9.98. The second-order valence-corrected chi connectivity index (χ2v) is 12.4. The molecule has 0 nitrogen and oxygen atoms in total. The minimum atomic E-state index is -0.403. The second-order valence-electron chi connectivity index (χ2n) is 3.51. The summed E-state index contributed by atoms with van der Waals surface area (Å²) >= 11 is -0.403. The van der Waals surface area contributed by atoms with Crippen LogP contribution < -0.4 is 5.19 Å². The van der Waals surface area contributed by atoms with Crippen molar-refractivity contribution in [3.63, 3.8) is 0 Å². The first-order valence-electron chi connectivity index (χ1n) is 5.96. The van der Waals surface area contributed by atoms with Crippen LogP contribution in [0.4, 0.5) is 0 Å². The van der Waals surface area contributed by atoms with E-state index >= 15 is 0 Å². The molecule has 0 bridgehead atoms. The van der Waals surface area contributed by atoms with Crippen molar-refractivity contribution in [3.05, 3.63) is 30.3 Å². The number of hydrogen-bond donors (Lipinski definition) is 0. The molecule has 0 heterocycles. The Morgan fingerprint density at radius 1 is 0.933 bits per heavy atom. The smallest absolute Gasteiger partial charge is 0.0635 e. The molecular weight excluding hydrogens is 257 g/mol. The molecular formula is C13H24GeSi. The van der Waals surface area contributed by atoms with Crippen LogP contribution in [0.1, 0.15) is 20.8 Å². The topological polar surface area (TPSA) is 0 Å². The van der Waals surface area contributed by atoms with Gasteiger partial charge in [-0.3, -0.25) is 0 Å². The Hall–Kier alpha value is -0.0203. The zero-order valence-electron chi connectivity index (χ0n) is 10.6. The zero-order chi connectivity index (χ0) is 11.5. The van der Waals surface area contributed by atoms with Gasteiger partial charge in [-0.2, -0.15) is 0 Å². The molecule has 0 aliphatic carbocycles. The monoisotopic (exact) mass is 282 g/mol. The predicted molar refractivity (Wildman–Crippen MR) is 76.3 cm³/mol. The van der Waals surface area contributed by atoms with Crippen LogP contribution in [0.2, 0.25) is 22.3 Å². The van der Waals surface area contributed by atoms with Gasteiger partial charge in [0.15, 0.2) is 0 Å². The van der Waals surface area contributed by atoms with Gasteiger partial charge in [-0.1, -0.05) is 42.1 Å². The van der Waals surface area contributed by atoms with Crippen LogP contribution in [0.5, 0.6) is 0 Å². The summed E-state index contributed by atoms with van der Waals surface area (Å²) in [7, 11) is 0.511. The molecule has 0 fully saturated rings. The zero-order valence-corrected chi connectivity index (χ0v) is 13.8. The van der Waals surface area contributed by atoms with E-state index in [1.54, 1.807) is 0 Å². The fraction of sp³-hybridized carbons (Fsp3) is 0.538. The van der Waals surface area contributed by atoms with Crippen molar-refractivity contribution in [2.24, 2.45) is 0 Å². The summed E-state index contributed by atoms with van der Waals surface area (Å²) < 4.78 is 0. The molecule has 0 saturated heterocycles. The molecule has 0 saturated carbocycles. The van der Waals surface area contributed by atoms with Crippen LogP contribution in [0, 0.1) is 0 Å². The fourth-order valence-electron chi connectivity index (χ4n) is 1.40. The normalized spacial score (nSPS) is 9.67. The average Bonchev–Trinajstić information content (AvgIpc) is 2.33. The van der Waals surface area contributed by atoms with Crippen molar-refractivity contribution < 1.29 is 0 Å². The van der Waals surface area contributed by atoms with E-state index in [-0.39, 0.29) is 0 Å². The van der Waals surface area contributed by atoms with E-state index in [1.807, 2.05) is 0 Å². The number of hydrogen-bond acceptors (Lipinski definition) is 0. The van der Waals surface area contributed by atoms with E-state index in [4.69, 9.17) is 0 Å². The number of rotatable bonds is 4. The van der Waals surface area contributed by atoms with Crippen LogP contribution in [0.25, 0.3) is 0 Å². The van der Waals surface area contributed by atoms with Crippen LogP contribution in [0.15, 0.2) is 30.3 Å². The van der Waals surface area contributed by atoms with E-state index in [9.17, 15) is 0 Å². The molecule has 1 aromatic rings. The van der Waals surface area contributed by atoms with Gasteiger partial charge in [-0.15, -0.1) is 0 Å². The summed E-state index contributed by atoms with van der Waals surface area (Å²) in [6, 6.07) is 10.6. The maximum atomic E-state index is 2.34.